The van der Waals surface area contributed by atoms with E-state index in [-0.39, 0.29) is 0 Å². The Morgan fingerprint density at radius 2 is 2.35 bits per heavy atom. The standard InChI is InChI=1S/C19H28N4OS2/c1-4-20-19(23(3)11-15-8-10-24-12-15)21-9-7-16-5-6-18(26-16)17-13-25-14(2)22-17/h5-6,13,15H,4,7-12H2,1-3H3,(H,20,21). The molecule has 0 aromatic carbocycles. The van der Waals surface area contributed by atoms with E-state index in [1.807, 2.05) is 18.3 Å². The van der Waals surface area contributed by atoms with Crippen LogP contribution in [0.4, 0.5) is 0 Å². The van der Waals surface area contributed by atoms with Gasteiger partial charge < -0.3 is 15.0 Å². The Morgan fingerprint density at radius 1 is 1.46 bits per heavy atom. The van der Waals surface area contributed by atoms with Gasteiger partial charge in [-0.3, -0.25) is 4.99 Å². The number of aryl methyl sites for hydroxylation is 1. The summed E-state index contributed by atoms with van der Waals surface area (Å²) in [6.45, 7) is 8.61. The van der Waals surface area contributed by atoms with Crippen LogP contribution < -0.4 is 5.32 Å². The lowest BCUT2D eigenvalue weighted by molar-refractivity contribution is 0.181. The zero-order valence-corrected chi connectivity index (χ0v) is 17.5. The molecule has 1 fully saturated rings. The number of ether oxygens (including phenoxy) is 1. The molecular weight excluding hydrogens is 364 g/mol. The van der Waals surface area contributed by atoms with E-state index in [9.17, 15) is 0 Å². The van der Waals surface area contributed by atoms with Gasteiger partial charge in [0, 0.05) is 55.9 Å². The lowest BCUT2D eigenvalue weighted by atomic mass is 10.1. The van der Waals surface area contributed by atoms with E-state index in [1.54, 1.807) is 11.3 Å². The van der Waals surface area contributed by atoms with Crippen molar-refractivity contribution in [1.82, 2.24) is 15.2 Å². The highest BCUT2D eigenvalue weighted by atomic mass is 32.1. The Labute approximate surface area is 164 Å². The summed E-state index contributed by atoms with van der Waals surface area (Å²) < 4.78 is 5.49. The molecule has 1 aliphatic rings. The van der Waals surface area contributed by atoms with Gasteiger partial charge in [0.1, 0.15) is 0 Å². The minimum absolute atomic E-state index is 0.616. The number of aromatic nitrogens is 1. The van der Waals surface area contributed by atoms with Crippen LogP contribution in [0.5, 0.6) is 0 Å². The van der Waals surface area contributed by atoms with Crippen LogP contribution >= 0.6 is 22.7 Å². The number of thiophene rings is 1. The van der Waals surface area contributed by atoms with Crippen LogP contribution in [0.15, 0.2) is 22.5 Å². The fraction of sp³-hybridized carbons (Fsp3) is 0.579. The normalized spacial score (nSPS) is 17.7. The molecule has 3 heterocycles. The number of hydrogen-bond acceptors (Lipinski definition) is 5. The van der Waals surface area contributed by atoms with E-state index in [0.717, 1.165) is 62.4 Å². The van der Waals surface area contributed by atoms with Gasteiger partial charge in [0.2, 0.25) is 0 Å². The molecule has 3 rings (SSSR count). The van der Waals surface area contributed by atoms with E-state index in [0.29, 0.717) is 5.92 Å². The third kappa shape index (κ3) is 5.28. The van der Waals surface area contributed by atoms with Crippen molar-refractivity contribution >= 4 is 28.6 Å². The maximum atomic E-state index is 5.49. The smallest absolute Gasteiger partial charge is 0.193 e. The first-order chi connectivity index (χ1) is 12.7. The first-order valence-electron chi connectivity index (χ1n) is 9.24. The first kappa shape index (κ1) is 19.3. The van der Waals surface area contributed by atoms with E-state index in [1.165, 1.54) is 9.75 Å². The van der Waals surface area contributed by atoms with Crippen LogP contribution in [0.2, 0.25) is 0 Å². The van der Waals surface area contributed by atoms with Crippen molar-refractivity contribution in [2.45, 2.75) is 26.7 Å². The molecule has 1 aliphatic heterocycles. The summed E-state index contributed by atoms with van der Waals surface area (Å²) in [6, 6.07) is 4.38. The highest BCUT2D eigenvalue weighted by Crippen LogP contribution is 2.29. The molecular formula is C19H28N4OS2. The van der Waals surface area contributed by atoms with Crippen molar-refractivity contribution < 1.29 is 4.74 Å². The summed E-state index contributed by atoms with van der Waals surface area (Å²) in [7, 11) is 2.12. The minimum atomic E-state index is 0.616. The molecule has 0 bridgehead atoms. The van der Waals surface area contributed by atoms with Crippen LogP contribution in [0, 0.1) is 12.8 Å². The summed E-state index contributed by atoms with van der Waals surface area (Å²) >= 11 is 3.53. The van der Waals surface area contributed by atoms with E-state index >= 15 is 0 Å². The second kappa shape index (κ2) is 9.48. The van der Waals surface area contributed by atoms with E-state index in [2.05, 4.69) is 46.7 Å². The van der Waals surface area contributed by atoms with Crippen molar-refractivity contribution in [3.05, 3.63) is 27.4 Å². The molecule has 0 amide bonds. The van der Waals surface area contributed by atoms with Crippen LogP contribution in [0.1, 0.15) is 23.2 Å². The number of thiazole rings is 1. The van der Waals surface area contributed by atoms with Crippen LogP contribution in [0.25, 0.3) is 10.6 Å². The Kier molecular flexibility index (Phi) is 7.05. The number of nitrogens with zero attached hydrogens (tertiary/aromatic N) is 3. The molecule has 1 saturated heterocycles. The van der Waals surface area contributed by atoms with Gasteiger partial charge in [-0.05, 0) is 32.4 Å². The summed E-state index contributed by atoms with van der Waals surface area (Å²) in [6.07, 6.45) is 2.11. The third-order valence-electron chi connectivity index (χ3n) is 4.41. The largest absolute Gasteiger partial charge is 0.381 e. The SMILES string of the molecule is CCNC(=NCCc1ccc(-c2csc(C)n2)s1)N(C)CC1CCOC1. The van der Waals surface area contributed by atoms with Gasteiger partial charge in [-0.2, -0.15) is 0 Å². The summed E-state index contributed by atoms with van der Waals surface area (Å²) in [5, 5.41) is 6.66. The molecule has 0 spiro atoms. The van der Waals surface area contributed by atoms with Crippen molar-refractivity contribution in [2.75, 3.05) is 39.9 Å². The maximum absolute atomic E-state index is 5.49. The highest BCUT2D eigenvalue weighted by molar-refractivity contribution is 7.16. The average molecular weight is 393 g/mol. The summed E-state index contributed by atoms with van der Waals surface area (Å²) in [5.41, 5.74) is 1.10. The Balaban J connectivity index is 1.55. The molecule has 2 aromatic rings. The molecule has 1 unspecified atom stereocenters. The average Bonchev–Trinajstić information content (AvgIpc) is 3.36. The maximum Gasteiger partial charge on any atom is 0.193 e. The van der Waals surface area contributed by atoms with Gasteiger partial charge in [0.15, 0.2) is 5.96 Å². The van der Waals surface area contributed by atoms with Crippen molar-refractivity contribution in [3.8, 4) is 10.6 Å². The van der Waals surface area contributed by atoms with Crippen LogP contribution in [0.3, 0.4) is 0 Å². The predicted molar refractivity (Wildman–Crippen MR) is 111 cm³/mol. The van der Waals surface area contributed by atoms with Gasteiger partial charge in [-0.15, -0.1) is 22.7 Å². The second-order valence-electron chi connectivity index (χ2n) is 6.61. The third-order valence-corrected chi connectivity index (χ3v) is 6.35. The fourth-order valence-electron chi connectivity index (χ4n) is 3.07. The zero-order valence-electron chi connectivity index (χ0n) is 15.8. The Morgan fingerprint density at radius 3 is 3.04 bits per heavy atom. The molecule has 7 heteroatoms. The van der Waals surface area contributed by atoms with Gasteiger partial charge in [-0.25, -0.2) is 4.98 Å². The van der Waals surface area contributed by atoms with Crippen molar-refractivity contribution in [1.29, 1.82) is 0 Å². The Bertz CT molecular complexity index is 719. The topological polar surface area (TPSA) is 49.8 Å². The van der Waals surface area contributed by atoms with Gasteiger partial charge >= 0.3 is 0 Å². The van der Waals surface area contributed by atoms with Crippen molar-refractivity contribution in [2.24, 2.45) is 10.9 Å². The minimum Gasteiger partial charge on any atom is -0.381 e. The van der Waals surface area contributed by atoms with E-state index in [4.69, 9.17) is 9.73 Å². The Hall–Kier alpha value is -1.44. The second-order valence-corrected chi connectivity index (χ2v) is 8.84. The number of aliphatic imine (C=N–C) groups is 1. The van der Waals surface area contributed by atoms with Crippen LogP contribution in [-0.2, 0) is 11.2 Å². The molecule has 1 N–H and O–H groups in total. The van der Waals surface area contributed by atoms with Crippen molar-refractivity contribution in [3.63, 3.8) is 0 Å². The monoisotopic (exact) mass is 392 g/mol. The summed E-state index contributed by atoms with van der Waals surface area (Å²) in [4.78, 5) is 14.2. The number of hydrogen-bond donors (Lipinski definition) is 1. The molecule has 1 atom stereocenters. The van der Waals surface area contributed by atoms with Gasteiger partial charge in [-0.1, -0.05) is 0 Å². The molecule has 5 nitrogen and oxygen atoms in total. The molecule has 2 aromatic heterocycles. The zero-order chi connectivity index (χ0) is 18.4. The lowest BCUT2D eigenvalue weighted by Gasteiger charge is -2.24. The molecule has 0 saturated carbocycles. The van der Waals surface area contributed by atoms with Gasteiger partial charge in [0.05, 0.1) is 22.2 Å². The number of guanidine groups is 1. The van der Waals surface area contributed by atoms with E-state index < -0.39 is 0 Å². The fourth-order valence-corrected chi connectivity index (χ4v) is 4.71. The van der Waals surface area contributed by atoms with Crippen LogP contribution in [-0.4, -0.2) is 55.7 Å². The molecule has 26 heavy (non-hydrogen) atoms. The summed E-state index contributed by atoms with van der Waals surface area (Å²) in [5.74, 6) is 1.61. The molecule has 0 aliphatic carbocycles. The highest BCUT2D eigenvalue weighted by Gasteiger charge is 2.19. The molecule has 142 valence electrons. The van der Waals surface area contributed by atoms with Gasteiger partial charge in [0.25, 0.3) is 0 Å². The lowest BCUT2D eigenvalue weighted by Crippen LogP contribution is -2.41. The first-order valence-corrected chi connectivity index (χ1v) is 10.9. The number of nitrogens with one attached hydrogen (secondary N) is 1. The molecule has 0 radical (unpaired) electrons. The predicted octanol–water partition coefficient (Wildman–Crippen LogP) is 3.66. The number of rotatable bonds is 7. The quantitative estimate of drug-likeness (QED) is 0.577.